The van der Waals surface area contributed by atoms with Gasteiger partial charge in [-0.2, -0.15) is 4.98 Å². The molecule has 0 aromatic carbocycles. The Bertz CT molecular complexity index is 395. The van der Waals surface area contributed by atoms with Gasteiger partial charge < -0.3 is 4.90 Å². The smallest absolute Gasteiger partial charge is 0.224 e. The molecule has 0 bridgehead atoms. The van der Waals surface area contributed by atoms with Gasteiger partial charge in [-0.1, -0.05) is 13.8 Å². The topological polar surface area (TPSA) is 29.0 Å². The van der Waals surface area contributed by atoms with Crippen molar-refractivity contribution in [2.45, 2.75) is 26.7 Å². The van der Waals surface area contributed by atoms with Crippen LogP contribution in [0.5, 0.6) is 0 Å². The van der Waals surface area contributed by atoms with Crippen LogP contribution in [0.25, 0.3) is 0 Å². The lowest BCUT2D eigenvalue weighted by Gasteiger charge is -2.38. The van der Waals surface area contributed by atoms with Crippen LogP contribution in [-0.4, -0.2) is 23.1 Å². The van der Waals surface area contributed by atoms with Crippen molar-refractivity contribution in [3.8, 4) is 0 Å². The summed E-state index contributed by atoms with van der Waals surface area (Å²) in [6.07, 6.45) is 3.34. The molecule has 0 atom stereocenters. The SMILES string of the molecule is CC1(C)CCCN(c2nc(Cl)ncc2F)C1. The fraction of sp³-hybridized carbons (Fsp3) is 0.636. The molecule has 1 aliphatic heterocycles. The molecule has 16 heavy (non-hydrogen) atoms. The lowest BCUT2D eigenvalue weighted by atomic mass is 9.84. The maximum Gasteiger partial charge on any atom is 0.224 e. The Morgan fingerprint density at radius 2 is 2.25 bits per heavy atom. The standard InChI is InChI=1S/C11H15ClFN3/c1-11(2)4-3-5-16(7-11)9-8(13)6-14-10(12)15-9/h6H,3-5,7H2,1-2H3. The summed E-state index contributed by atoms with van der Waals surface area (Å²) in [4.78, 5) is 9.54. The van der Waals surface area contributed by atoms with Gasteiger partial charge >= 0.3 is 0 Å². The van der Waals surface area contributed by atoms with E-state index in [9.17, 15) is 4.39 Å². The summed E-state index contributed by atoms with van der Waals surface area (Å²) in [7, 11) is 0. The van der Waals surface area contributed by atoms with Gasteiger partial charge in [0.05, 0.1) is 6.20 Å². The summed E-state index contributed by atoms with van der Waals surface area (Å²) in [5, 5.41) is 0.0970. The van der Waals surface area contributed by atoms with E-state index >= 15 is 0 Å². The van der Waals surface area contributed by atoms with E-state index in [-0.39, 0.29) is 10.7 Å². The van der Waals surface area contributed by atoms with Crippen molar-refractivity contribution in [2.75, 3.05) is 18.0 Å². The quantitative estimate of drug-likeness (QED) is 0.711. The summed E-state index contributed by atoms with van der Waals surface area (Å²) >= 11 is 5.69. The Labute approximate surface area is 99.6 Å². The molecule has 0 saturated carbocycles. The molecular formula is C11H15ClFN3. The molecule has 0 spiro atoms. The van der Waals surface area contributed by atoms with E-state index in [4.69, 9.17) is 11.6 Å². The molecular weight excluding hydrogens is 229 g/mol. The van der Waals surface area contributed by atoms with Crippen molar-refractivity contribution in [3.05, 3.63) is 17.3 Å². The summed E-state index contributed by atoms with van der Waals surface area (Å²) in [5.41, 5.74) is 0.197. The molecule has 0 radical (unpaired) electrons. The Balaban J connectivity index is 2.26. The maximum atomic E-state index is 13.6. The van der Waals surface area contributed by atoms with Crippen LogP contribution >= 0.6 is 11.6 Å². The highest BCUT2D eigenvalue weighted by Crippen LogP contribution is 2.31. The second-order valence-electron chi connectivity index (χ2n) is 5.00. The second-order valence-corrected chi connectivity index (χ2v) is 5.34. The Kier molecular flexibility index (Phi) is 3.02. The fourth-order valence-corrected chi connectivity index (χ4v) is 2.29. The zero-order valence-electron chi connectivity index (χ0n) is 9.50. The van der Waals surface area contributed by atoms with Crippen LogP contribution in [0.4, 0.5) is 10.2 Å². The second kappa shape index (κ2) is 4.17. The Morgan fingerprint density at radius 1 is 1.50 bits per heavy atom. The first kappa shape index (κ1) is 11.6. The van der Waals surface area contributed by atoms with E-state index in [1.165, 1.54) is 0 Å². The van der Waals surface area contributed by atoms with Crippen molar-refractivity contribution in [1.82, 2.24) is 9.97 Å². The highest BCUT2D eigenvalue weighted by atomic mass is 35.5. The normalized spacial score (nSPS) is 19.9. The third kappa shape index (κ3) is 2.43. The minimum Gasteiger partial charge on any atom is -0.354 e. The average Bonchev–Trinajstić information content (AvgIpc) is 2.20. The van der Waals surface area contributed by atoms with Gasteiger partial charge in [0.1, 0.15) is 0 Å². The van der Waals surface area contributed by atoms with Gasteiger partial charge in [0.15, 0.2) is 11.6 Å². The van der Waals surface area contributed by atoms with Gasteiger partial charge in [0.2, 0.25) is 5.28 Å². The number of piperidine rings is 1. The van der Waals surface area contributed by atoms with Crippen LogP contribution in [0.3, 0.4) is 0 Å². The molecule has 5 heteroatoms. The number of aromatic nitrogens is 2. The number of hydrogen-bond donors (Lipinski definition) is 0. The Hall–Kier alpha value is -0.900. The highest BCUT2D eigenvalue weighted by Gasteiger charge is 2.28. The zero-order chi connectivity index (χ0) is 11.8. The first-order valence-electron chi connectivity index (χ1n) is 5.41. The molecule has 0 N–H and O–H groups in total. The number of nitrogens with zero attached hydrogens (tertiary/aromatic N) is 3. The van der Waals surface area contributed by atoms with Crippen molar-refractivity contribution < 1.29 is 4.39 Å². The van der Waals surface area contributed by atoms with E-state index in [0.29, 0.717) is 5.82 Å². The highest BCUT2D eigenvalue weighted by molar-refractivity contribution is 6.28. The lowest BCUT2D eigenvalue weighted by Crippen LogP contribution is -2.41. The number of rotatable bonds is 1. The zero-order valence-corrected chi connectivity index (χ0v) is 10.3. The number of halogens is 2. The van der Waals surface area contributed by atoms with Gasteiger partial charge in [0.25, 0.3) is 0 Å². The predicted octanol–water partition coefficient (Wildman–Crippen LogP) is 2.90. The van der Waals surface area contributed by atoms with E-state index in [0.717, 1.165) is 32.1 Å². The number of hydrogen-bond acceptors (Lipinski definition) is 3. The minimum absolute atomic E-state index is 0.0970. The van der Waals surface area contributed by atoms with Gasteiger partial charge in [-0.15, -0.1) is 0 Å². The van der Waals surface area contributed by atoms with E-state index in [2.05, 4.69) is 23.8 Å². The average molecular weight is 244 g/mol. The van der Waals surface area contributed by atoms with Crippen LogP contribution < -0.4 is 4.90 Å². The van der Waals surface area contributed by atoms with Crippen molar-refractivity contribution in [1.29, 1.82) is 0 Å². The third-order valence-electron chi connectivity index (χ3n) is 2.90. The summed E-state index contributed by atoms with van der Waals surface area (Å²) in [5.74, 6) is -0.0742. The van der Waals surface area contributed by atoms with Crippen LogP contribution in [0.15, 0.2) is 6.20 Å². The first-order chi connectivity index (χ1) is 7.48. The number of anilines is 1. The van der Waals surface area contributed by atoms with Gasteiger partial charge in [-0.25, -0.2) is 9.37 Å². The van der Waals surface area contributed by atoms with E-state index < -0.39 is 5.82 Å². The van der Waals surface area contributed by atoms with Crippen molar-refractivity contribution in [2.24, 2.45) is 5.41 Å². The van der Waals surface area contributed by atoms with Crippen LogP contribution in [0.1, 0.15) is 26.7 Å². The van der Waals surface area contributed by atoms with E-state index in [1.807, 2.05) is 4.90 Å². The molecule has 2 heterocycles. The fourth-order valence-electron chi connectivity index (χ4n) is 2.16. The van der Waals surface area contributed by atoms with Crippen LogP contribution in [-0.2, 0) is 0 Å². The van der Waals surface area contributed by atoms with Crippen LogP contribution in [0, 0.1) is 11.2 Å². The monoisotopic (exact) mass is 243 g/mol. The largest absolute Gasteiger partial charge is 0.354 e. The van der Waals surface area contributed by atoms with Crippen molar-refractivity contribution in [3.63, 3.8) is 0 Å². The molecule has 0 amide bonds. The van der Waals surface area contributed by atoms with Gasteiger partial charge in [-0.05, 0) is 29.9 Å². The lowest BCUT2D eigenvalue weighted by molar-refractivity contribution is 0.290. The van der Waals surface area contributed by atoms with Gasteiger partial charge in [0, 0.05) is 13.1 Å². The van der Waals surface area contributed by atoms with E-state index in [1.54, 1.807) is 0 Å². The van der Waals surface area contributed by atoms with Crippen LogP contribution in [0.2, 0.25) is 5.28 Å². The van der Waals surface area contributed by atoms with Gasteiger partial charge in [-0.3, -0.25) is 0 Å². The molecule has 1 fully saturated rings. The molecule has 1 aromatic rings. The molecule has 2 rings (SSSR count). The maximum absolute atomic E-state index is 13.6. The molecule has 88 valence electrons. The van der Waals surface area contributed by atoms with Crippen molar-refractivity contribution >= 4 is 17.4 Å². The molecule has 0 aliphatic carbocycles. The predicted molar refractivity (Wildman–Crippen MR) is 62.2 cm³/mol. The molecule has 1 aromatic heterocycles. The molecule has 1 saturated heterocycles. The first-order valence-corrected chi connectivity index (χ1v) is 5.79. The minimum atomic E-state index is -0.401. The summed E-state index contributed by atoms with van der Waals surface area (Å²) in [6, 6.07) is 0. The molecule has 1 aliphatic rings. The molecule has 0 unspecified atom stereocenters. The third-order valence-corrected chi connectivity index (χ3v) is 3.08. The molecule has 3 nitrogen and oxygen atoms in total. The summed E-state index contributed by atoms with van der Waals surface area (Å²) < 4.78 is 13.6. The Morgan fingerprint density at radius 3 is 2.94 bits per heavy atom. The summed E-state index contributed by atoms with van der Waals surface area (Å²) in [6.45, 7) is 5.99.